The predicted octanol–water partition coefficient (Wildman–Crippen LogP) is 4.15. The topological polar surface area (TPSA) is 70.7 Å². The summed E-state index contributed by atoms with van der Waals surface area (Å²) < 4.78 is 5.42. The van der Waals surface area contributed by atoms with E-state index in [1.165, 1.54) is 0 Å². The number of carbonyl (C=O) groups excluding carboxylic acids is 2. The molecule has 1 fully saturated rings. The fraction of sp³-hybridized carbons (Fsp3) is 0.600. The first-order valence-corrected chi connectivity index (χ1v) is 9.37. The average Bonchev–Trinajstić information content (AvgIpc) is 2.57. The Labute approximate surface area is 156 Å². The molecule has 26 heavy (non-hydrogen) atoms. The van der Waals surface area contributed by atoms with Crippen LogP contribution in [-0.2, 0) is 9.53 Å². The fourth-order valence-corrected chi connectivity index (χ4v) is 3.18. The van der Waals surface area contributed by atoms with Gasteiger partial charge in [-0.15, -0.1) is 0 Å². The van der Waals surface area contributed by atoms with Gasteiger partial charge in [-0.05, 0) is 58.2 Å². The maximum absolute atomic E-state index is 12.6. The fourth-order valence-electron chi connectivity index (χ4n) is 3.18. The normalized spacial score (nSPS) is 18.1. The minimum absolute atomic E-state index is 0.0237. The van der Waals surface area contributed by atoms with Gasteiger partial charge < -0.3 is 20.3 Å². The highest BCUT2D eigenvalue weighted by molar-refractivity contribution is 6.06. The van der Waals surface area contributed by atoms with Crippen molar-refractivity contribution >= 4 is 23.4 Å². The van der Waals surface area contributed by atoms with E-state index in [0.29, 0.717) is 25.9 Å². The Balaban J connectivity index is 0.00000117. The van der Waals surface area contributed by atoms with E-state index in [9.17, 15) is 9.59 Å². The van der Waals surface area contributed by atoms with Crippen LogP contribution in [0.1, 0.15) is 53.0 Å². The molecule has 1 aromatic rings. The summed E-state index contributed by atoms with van der Waals surface area (Å²) in [5.74, 6) is -0.0237. The molecule has 2 N–H and O–H groups in total. The van der Waals surface area contributed by atoms with Gasteiger partial charge in [0.15, 0.2) is 0 Å². The number of benzene rings is 1. The van der Waals surface area contributed by atoms with Crippen LogP contribution < -0.4 is 10.6 Å². The number of nitrogens with zero attached hydrogens (tertiary/aromatic N) is 1. The van der Waals surface area contributed by atoms with Crippen molar-refractivity contribution in [2.24, 2.45) is 0 Å². The van der Waals surface area contributed by atoms with Crippen LogP contribution in [0.5, 0.6) is 0 Å². The third-order valence-corrected chi connectivity index (χ3v) is 4.50. The maximum Gasteiger partial charge on any atom is 0.410 e. The van der Waals surface area contributed by atoms with Crippen molar-refractivity contribution in [3.8, 4) is 0 Å². The Morgan fingerprint density at radius 1 is 1.15 bits per heavy atom. The van der Waals surface area contributed by atoms with Crippen molar-refractivity contribution in [3.63, 3.8) is 0 Å². The first-order valence-electron chi connectivity index (χ1n) is 9.37. The third-order valence-electron chi connectivity index (χ3n) is 4.50. The van der Waals surface area contributed by atoms with E-state index in [0.717, 1.165) is 16.9 Å². The first kappa shape index (κ1) is 20.1. The summed E-state index contributed by atoms with van der Waals surface area (Å²) in [6.07, 6.45) is 0.807. The predicted molar refractivity (Wildman–Crippen MR) is 105 cm³/mol. The lowest BCUT2D eigenvalue weighted by Gasteiger charge is -2.44. The largest absolute Gasteiger partial charge is 0.444 e. The monoisotopic (exact) mass is 361 g/mol. The van der Waals surface area contributed by atoms with Gasteiger partial charge in [-0.1, -0.05) is 19.9 Å². The highest BCUT2D eigenvalue weighted by Crippen LogP contribution is 2.37. The van der Waals surface area contributed by atoms with Gasteiger partial charge in [-0.2, -0.15) is 0 Å². The molecule has 6 heteroatoms. The summed E-state index contributed by atoms with van der Waals surface area (Å²) in [5, 5.41) is 6.41. The second-order valence-corrected chi connectivity index (χ2v) is 7.68. The van der Waals surface area contributed by atoms with E-state index in [2.05, 4.69) is 10.6 Å². The summed E-state index contributed by atoms with van der Waals surface area (Å²) >= 11 is 0. The Bertz CT molecular complexity index is 671. The quantitative estimate of drug-likeness (QED) is 0.728. The van der Waals surface area contributed by atoms with Gasteiger partial charge in [0.25, 0.3) is 0 Å². The smallest absolute Gasteiger partial charge is 0.410 e. The van der Waals surface area contributed by atoms with Crippen LogP contribution in [0.4, 0.5) is 16.2 Å². The van der Waals surface area contributed by atoms with Gasteiger partial charge in [0.1, 0.15) is 11.1 Å². The highest BCUT2D eigenvalue weighted by Gasteiger charge is 2.45. The van der Waals surface area contributed by atoms with Crippen LogP contribution in [0.15, 0.2) is 18.2 Å². The van der Waals surface area contributed by atoms with E-state index in [1.54, 1.807) is 4.90 Å². The molecule has 1 saturated heterocycles. The molecule has 0 aliphatic carbocycles. The molecular formula is C20H31N3O3. The number of fused-ring (bicyclic) bond motifs is 1. The van der Waals surface area contributed by atoms with Gasteiger partial charge >= 0.3 is 6.09 Å². The number of piperidine rings is 1. The van der Waals surface area contributed by atoms with E-state index in [1.807, 2.05) is 59.7 Å². The highest BCUT2D eigenvalue weighted by atomic mass is 16.6. The summed E-state index contributed by atoms with van der Waals surface area (Å²) in [6, 6.07) is 5.97. The molecule has 0 saturated carbocycles. The SMILES string of the molecule is CC.Cc1ccc2c(c1)NC(=O)C1(CCN(C(=O)OC(C)(C)C)CC1)N2. The van der Waals surface area contributed by atoms with Crippen molar-refractivity contribution in [1.82, 2.24) is 4.90 Å². The van der Waals surface area contributed by atoms with Crippen molar-refractivity contribution in [3.05, 3.63) is 23.8 Å². The lowest BCUT2D eigenvalue weighted by Crippen LogP contribution is -2.59. The minimum atomic E-state index is -0.652. The van der Waals surface area contributed by atoms with Gasteiger partial charge in [-0.3, -0.25) is 4.79 Å². The third kappa shape index (κ3) is 4.29. The number of carbonyl (C=O) groups is 2. The summed E-state index contributed by atoms with van der Waals surface area (Å²) in [6.45, 7) is 12.5. The summed E-state index contributed by atoms with van der Waals surface area (Å²) in [7, 11) is 0. The number of likely N-dealkylation sites (tertiary alicyclic amines) is 1. The van der Waals surface area contributed by atoms with Gasteiger partial charge in [0.05, 0.1) is 11.4 Å². The van der Waals surface area contributed by atoms with Crippen molar-refractivity contribution in [1.29, 1.82) is 0 Å². The number of aryl methyl sites for hydroxylation is 1. The average molecular weight is 361 g/mol. The van der Waals surface area contributed by atoms with Crippen molar-refractivity contribution in [2.75, 3.05) is 23.7 Å². The second kappa shape index (κ2) is 7.56. The first-order chi connectivity index (χ1) is 12.2. The molecule has 2 amide bonds. The second-order valence-electron chi connectivity index (χ2n) is 7.68. The molecule has 0 unspecified atom stereocenters. The van der Waals surface area contributed by atoms with Crippen LogP contribution in [0.2, 0.25) is 0 Å². The van der Waals surface area contributed by atoms with E-state index in [4.69, 9.17) is 4.74 Å². The Morgan fingerprint density at radius 2 is 1.77 bits per heavy atom. The minimum Gasteiger partial charge on any atom is -0.444 e. The zero-order valence-electron chi connectivity index (χ0n) is 16.7. The number of nitrogens with one attached hydrogen (secondary N) is 2. The molecule has 2 aliphatic rings. The number of anilines is 2. The van der Waals surface area contributed by atoms with Crippen molar-refractivity contribution < 1.29 is 14.3 Å². The maximum atomic E-state index is 12.6. The van der Waals surface area contributed by atoms with Gasteiger partial charge in [0, 0.05) is 13.1 Å². The molecule has 1 aromatic carbocycles. The molecule has 2 aliphatic heterocycles. The van der Waals surface area contributed by atoms with Crippen LogP contribution in [0.25, 0.3) is 0 Å². The summed E-state index contributed by atoms with van der Waals surface area (Å²) in [5.41, 5.74) is 1.70. The number of hydrogen-bond donors (Lipinski definition) is 2. The van der Waals surface area contributed by atoms with Crippen molar-refractivity contribution in [2.45, 2.75) is 65.5 Å². The number of rotatable bonds is 0. The number of hydrogen-bond acceptors (Lipinski definition) is 4. The Hall–Kier alpha value is -2.24. The van der Waals surface area contributed by atoms with Gasteiger partial charge in [0.2, 0.25) is 5.91 Å². The lowest BCUT2D eigenvalue weighted by atomic mass is 9.84. The zero-order chi connectivity index (χ0) is 19.5. The zero-order valence-corrected chi connectivity index (χ0v) is 16.7. The number of amides is 2. The molecule has 0 radical (unpaired) electrons. The lowest BCUT2D eigenvalue weighted by molar-refractivity contribution is -0.122. The van der Waals surface area contributed by atoms with E-state index < -0.39 is 11.1 Å². The van der Waals surface area contributed by atoms with Crippen LogP contribution in [0.3, 0.4) is 0 Å². The molecule has 144 valence electrons. The Morgan fingerprint density at radius 3 is 2.35 bits per heavy atom. The standard InChI is InChI=1S/C18H25N3O3.C2H6/c1-12-5-6-13-14(11-12)19-15(22)18(20-13)7-9-21(10-8-18)16(23)24-17(2,3)4;1-2/h5-6,11,20H,7-10H2,1-4H3,(H,19,22);1-2H3. The van der Waals surface area contributed by atoms with Gasteiger partial charge in [-0.25, -0.2) is 4.79 Å². The molecule has 6 nitrogen and oxygen atoms in total. The molecule has 0 aromatic heterocycles. The molecule has 2 heterocycles. The van der Waals surface area contributed by atoms with Crippen LogP contribution in [0, 0.1) is 6.92 Å². The van der Waals surface area contributed by atoms with E-state index in [-0.39, 0.29) is 12.0 Å². The van der Waals surface area contributed by atoms with Crippen LogP contribution in [-0.4, -0.2) is 41.1 Å². The molecular weight excluding hydrogens is 330 g/mol. The molecule has 0 atom stereocenters. The molecule has 0 bridgehead atoms. The molecule has 1 spiro atoms. The molecule has 3 rings (SSSR count). The summed E-state index contributed by atoms with van der Waals surface area (Å²) in [4.78, 5) is 26.5. The number of ether oxygens (including phenoxy) is 1. The van der Waals surface area contributed by atoms with Crippen LogP contribution >= 0.6 is 0 Å². The Kier molecular flexibility index (Phi) is 5.84. The van der Waals surface area contributed by atoms with E-state index >= 15 is 0 Å².